The molecule has 2 rings (SSSR count). The highest BCUT2D eigenvalue weighted by Crippen LogP contribution is 2.22. The SMILES string of the molecule is Cc1c(Cl)cccc1NC(=O)CNC(=O)C[C@@H](C)NC(=O)c1ccccc1. The first-order valence-corrected chi connectivity index (χ1v) is 8.92. The van der Waals surface area contributed by atoms with E-state index in [1.807, 2.05) is 6.07 Å². The minimum absolute atomic E-state index is 0.0715. The molecule has 0 heterocycles. The van der Waals surface area contributed by atoms with E-state index in [2.05, 4.69) is 16.0 Å². The van der Waals surface area contributed by atoms with Gasteiger partial charge in [-0.2, -0.15) is 0 Å². The van der Waals surface area contributed by atoms with Gasteiger partial charge in [0.25, 0.3) is 5.91 Å². The molecule has 3 N–H and O–H groups in total. The van der Waals surface area contributed by atoms with Gasteiger partial charge in [0.05, 0.1) is 6.54 Å². The summed E-state index contributed by atoms with van der Waals surface area (Å²) < 4.78 is 0. The van der Waals surface area contributed by atoms with Crippen LogP contribution in [0.5, 0.6) is 0 Å². The minimum Gasteiger partial charge on any atom is -0.349 e. The van der Waals surface area contributed by atoms with Crippen molar-refractivity contribution in [3.8, 4) is 0 Å². The third-order valence-corrected chi connectivity index (χ3v) is 4.30. The maximum absolute atomic E-state index is 12.0. The number of amides is 3. The van der Waals surface area contributed by atoms with Gasteiger partial charge < -0.3 is 16.0 Å². The van der Waals surface area contributed by atoms with Crippen LogP contribution in [0.2, 0.25) is 5.02 Å². The average molecular weight is 388 g/mol. The Morgan fingerprint density at radius 2 is 1.70 bits per heavy atom. The van der Waals surface area contributed by atoms with Crippen LogP contribution >= 0.6 is 11.6 Å². The molecule has 0 aliphatic carbocycles. The molecule has 0 aromatic heterocycles. The van der Waals surface area contributed by atoms with Crippen molar-refractivity contribution in [2.75, 3.05) is 11.9 Å². The van der Waals surface area contributed by atoms with Gasteiger partial charge in [-0.15, -0.1) is 0 Å². The quantitative estimate of drug-likeness (QED) is 0.682. The van der Waals surface area contributed by atoms with E-state index in [9.17, 15) is 14.4 Å². The van der Waals surface area contributed by atoms with Crippen molar-refractivity contribution in [3.05, 3.63) is 64.7 Å². The number of carbonyl (C=O) groups excluding carboxylic acids is 3. The van der Waals surface area contributed by atoms with Gasteiger partial charge in [0, 0.05) is 28.7 Å². The summed E-state index contributed by atoms with van der Waals surface area (Å²) >= 11 is 6.01. The molecule has 6 nitrogen and oxygen atoms in total. The number of hydrogen-bond acceptors (Lipinski definition) is 3. The van der Waals surface area contributed by atoms with Crippen molar-refractivity contribution in [1.82, 2.24) is 10.6 Å². The standard InChI is InChI=1S/C20H22ClN3O3/c1-13(23-20(27)15-7-4-3-5-8-15)11-18(25)22-12-19(26)24-17-10-6-9-16(21)14(17)2/h3-10,13H,11-12H2,1-2H3,(H,22,25)(H,23,27)(H,24,26)/t13-/m1/s1. The van der Waals surface area contributed by atoms with Crippen molar-refractivity contribution < 1.29 is 14.4 Å². The summed E-state index contributed by atoms with van der Waals surface area (Å²) in [4.78, 5) is 36.0. The topological polar surface area (TPSA) is 87.3 Å². The maximum Gasteiger partial charge on any atom is 0.251 e. The number of nitrogens with one attached hydrogen (secondary N) is 3. The molecule has 0 radical (unpaired) electrons. The highest BCUT2D eigenvalue weighted by molar-refractivity contribution is 6.31. The van der Waals surface area contributed by atoms with Crippen LogP contribution in [-0.2, 0) is 9.59 Å². The van der Waals surface area contributed by atoms with Crippen LogP contribution in [0.1, 0.15) is 29.3 Å². The van der Waals surface area contributed by atoms with E-state index in [1.54, 1.807) is 56.3 Å². The van der Waals surface area contributed by atoms with Gasteiger partial charge in [0.2, 0.25) is 11.8 Å². The normalized spacial score (nSPS) is 11.4. The first-order chi connectivity index (χ1) is 12.9. The van der Waals surface area contributed by atoms with E-state index in [0.717, 1.165) is 5.56 Å². The van der Waals surface area contributed by atoms with Crippen LogP contribution < -0.4 is 16.0 Å². The third-order valence-electron chi connectivity index (χ3n) is 3.89. The second kappa shape index (κ2) is 9.73. The number of anilines is 1. The monoisotopic (exact) mass is 387 g/mol. The van der Waals surface area contributed by atoms with Crippen LogP contribution in [0.4, 0.5) is 5.69 Å². The third kappa shape index (κ3) is 6.42. The highest BCUT2D eigenvalue weighted by atomic mass is 35.5. The lowest BCUT2D eigenvalue weighted by molar-refractivity contribution is -0.124. The zero-order valence-electron chi connectivity index (χ0n) is 15.2. The van der Waals surface area contributed by atoms with E-state index in [1.165, 1.54) is 0 Å². The second-order valence-electron chi connectivity index (χ2n) is 6.18. The molecule has 0 saturated carbocycles. The molecule has 0 aliphatic heterocycles. The molecule has 2 aromatic carbocycles. The predicted molar refractivity (Wildman–Crippen MR) is 106 cm³/mol. The molecule has 27 heavy (non-hydrogen) atoms. The molecule has 2 aromatic rings. The fourth-order valence-corrected chi connectivity index (χ4v) is 2.59. The fourth-order valence-electron chi connectivity index (χ4n) is 2.41. The van der Waals surface area contributed by atoms with Crippen LogP contribution in [0.15, 0.2) is 48.5 Å². The molecule has 1 atom stereocenters. The Hall–Kier alpha value is -2.86. The Labute approximate surface area is 163 Å². The molecule has 0 unspecified atom stereocenters. The molecule has 0 spiro atoms. The molecule has 0 aliphatic rings. The number of benzene rings is 2. The summed E-state index contributed by atoms with van der Waals surface area (Å²) in [5, 5.41) is 8.56. The Morgan fingerprint density at radius 1 is 1.00 bits per heavy atom. The van der Waals surface area contributed by atoms with Crippen molar-refractivity contribution in [3.63, 3.8) is 0 Å². The number of hydrogen-bond donors (Lipinski definition) is 3. The highest BCUT2D eigenvalue weighted by Gasteiger charge is 2.14. The minimum atomic E-state index is -0.365. The second-order valence-corrected chi connectivity index (χ2v) is 6.59. The lowest BCUT2D eigenvalue weighted by atomic mass is 10.1. The summed E-state index contributed by atoms with van der Waals surface area (Å²) in [5.74, 6) is -0.923. The van der Waals surface area contributed by atoms with E-state index in [-0.39, 0.29) is 36.7 Å². The van der Waals surface area contributed by atoms with Crippen LogP contribution in [0.25, 0.3) is 0 Å². The van der Waals surface area contributed by atoms with E-state index >= 15 is 0 Å². The van der Waals surface area contributed by atoms with Crippen molar-refractivity contribution >= 4 is 35.0 Å². The largest absolute Gasteiger partial charge is 0.349 e. The van der Waals surface area contributed by atoms with Crippen LogP contribution in [-0.4, -0.2) is 30.3 Å². The molecule has 0 saturated heterocycles. The molecule has 7 heteroatoms. The first kappa shape index (κ1) is 20.5. The van der Waals surface area contributed by atoms with Gasteiger partial charge in [-0.3, -0.25) is 14.4 Å². The first-order valence-electron chi connectivity index (χ1n) is 8.54. The zero-order chi connectivity index (χ0) is 19.8. The van der Waals surface area contributed by atoms with Crippen molar-refractivity contribution in [1.29, 1.82) is 0 Å². The molecule has 0 fully saturated rings. The van der Waals surface area contributed by atoms with E-state index in [0.29, 0.717) is 16.3 Å². The van der Waals surface area contributed by atoms with E-state index in [4.69, 9.17) is 11.6 Å². The van der Waals surface area contributed by atoms with Gasteiger partial charge >= 0.3 is 0 Å². The van der Waals surface area contributed by atoms with Crippen molar-refractivity contribution in [2.24, 2.45) is 0 Å². The molecular formula is C20H22ClN3O3. The molecular weight excluding hydrogens is 366 g/mol. The lowest BCUT2D eigenvalue weighted by Gasteiger charge is -2.14. The summed E-state index contributed by atoms with van der Waals surface area (Å²) in [6.07, 6.45) is 0.0715. The maximum atomic E-state index is 12.0. The van der Waals surface area contributed by atoms with Crippen molar-refractivity contribution in [2.45, 2.75) is 26.3 Å². The van der Waals surface area contributed by atoms with Crippen LogP contribution in [0.3, 0.4) is 0 Å². The molecule has 0 bridgehead atoms. The number of rotatable bonds is 7. The Bertz CT molecular complexity index is 824. The molecule has 142 valence electrons. The fraction of sp³-hybridized carbons (Fsp3) is 0.250. The Balaban J connectivity index is 1.76. The zero-order valence-corrected chi connectivity index (χ0v) is 16.0. The van der Waals surface area contributed by atoms with Gasteiger partial charge in [0.1, 0.15) is 0 Å². The van der Waals surface area contributed by atoms with Gasteiger partial charge in [-0.1, -0.05) is 35.9 Å². The lowest BCUT2D eigenvalue weighted by Crippen LogP contribution is -2.39. The van der Waals surface area contributed by atoms with Gasteiger partial charge in [-0.25, -0.2) is 0 Å². The number of carbonyl (C=O) groups is 3. The number of halogens is 1. The summed E-state index contributed by atoms with van der Waals surface area (Å²) in [7, 11) is 0. The molecule has 3 amide bonds. The van der Waals surface area contributed by atoms with Gasteiger partial charge in [-0.05, 0) is 43.7 Å². The predicted octanol–water partition coefficient (Wildman–Crippen LogP) is 2.91. The summed E-state index contributed by atoms with van der Waals surface area (Å²) in [5.41, 5.74) is 1.89. The van der Waals surface area contributed by atoms with Crippen LogP contribution in [0, 0.1) is 6.92 Å². The average Bonchev–Trinajstić information content (AvgIpc) is 2.64. The summed E-state index contributed by atoms with van der Waals surface area (Å²) in [6, 6.07) is 13.6. The smallest absolute Gasteiger partial charge is 0.251 e. The Kier molecular flexibility index (Phi) is 7.37. The van der Waals surface area contributed by atoms with E-state index < -0.39 is 0 Å². The van der Waals surface area contributed by atoms with Gasteiger partial charge in [0.15, 0.2) is 0 Å². The Morgan fingerprint density at radius 3 is 2.41 bits per heavy atom. The summed E-state index contributed by atoms with van der Waals surface area (Å²) in [6.45, 7) is 3.37.